The van der Waals surface area contributed by atoms with Crippen molar-refractivity contribution in [1.29, 1.82) is 0 Å². The first-order chi connectivity index (χ1) is 7.95. The van der Waals surface area contributed by atoms with Crippen LogP contribution in [0.3, 0.4) is 0 Å². The number of amides is 1. The number of nitrogens with one attached hydrogen (secondary N) is 1. The van der Waals surface area contributed by atoms with Gasteiger partial charge in [-0.3, -0.25) is 4.79 Å². The molecule has 4 heteroatoms. The van der Waals surface area contributed by atoms with Gasteiger partial charge in [-0.25, -0.2) is 4.79 Å². The number of ether oxygens (including phenoxy) is 1. The molecule has 0 aromatic carbocycles. The van der Waals surface area contributed by atoms with E-state index in [0.717, 1.165) is 12.8 Å². The predicted octanol–water partition coefficient (Wildman–Crippen LogP) is 1.74. The molecule has 1 aliphatic carbocycles. The Hall–Kier alpha value is -1.06. The van der Waals surface area contributed by atoms with Crippen LogP contribution in [0.4, 0.5) is 0 Å². The van der Waals surface area contributed by atoms with Crippen molar-refractivity contribution in [3.63, 3.8) is 0 Å². The lowest BCUT2D eigenvalue weighted by Crippen LogP contribution is -2.39. The van der Waals surface area contributed by atoms with Gasteiger partial charge in [0.1, 0.15) is 6.10 Å². The second kappa shape index (κ2) is 6.03. The van der Waals surface area contributed by atoms with Gasteiger partial charge in [-0.15, -0.1) is 0 Å². The SMILES string of the molecule is CNC(=O)C(=O)O[C@@H]1C[C@H](C)CC[C@H]1C(C)C. The minimum atomic E-state index is -0.753. The molecule has 1 fully saturated rings. The number of esters is 1. The van der Waals surface area contributed by atoms with Crippen molar-refractivity contribution < 1.29 is 14.3 Å². The first-order valence-corrected chi connectivity index (χ1v) is 6.38. The van der Waals surface area contributed by atoms with Crippen molar-refractivity contribution >= 4 is 11.9 Å². The van der Waals surface area contributed by atoms with Crippen LogP contribution in [0, 0.1) is 17.8 Å². The van der Waals surface area contributed by atoms with Gasteiger partial charge in [-0.2, -0.15) is 0 Å². The van der Waals surface area contributed by atoms with Gasteiger partial charge in [0, 0.05) is 7.05 Å². The highest BCUT2D eigenvalue weighted by Gasteiger charge is 2.34. The highest BCUT2D eigenvalue weighted by atomic mass is 16.5. The number of rotatable bonds is 2. The van der Waals surface area contributed by atoms with Gasteiger partial charge in [0.15, 0.2) is 0 Å². The molecule has 0 heterocycles. The molecule has 1 amide bonds. The fourth-order valence-corrected chi connectivity index (χ4v) is 2.54. The summed E-state index contributed by atoms with van der Waals surface area (Å²) in [5, 5.41) is 2.30. The summed E-state index contributed by atoms with van der Waals surface area (Å²) in [5.41, 5.74) is 0. The Balaban J connectivity index is 2.63. The highest BCUT2D eigenvalue weighted by molar-refractivity contribution is 6.32. The number of likely N-dealkylation sites (N-methyl/N-ethyl adjacent to an activating group) is 1. The van der Waals surface area contributed by atoms with E-state index in [-0.39, 0.29) is 6.10 Å². The first-order valence-electron chi connectivity index (χ1n) is 6.38. The van der Waals surface area contributed by atoms with E-state index in [2.05, 4.69) is 26.1 Å². The molecule has 1 N–H and O–H groups in total. The summed E-state index contributed by atoms with van der Waals surface area (Å²) in [5.74, 6) is 0.000245. The second-order valence-electron chi connectivity index (χ2n) is 5.35. The summed E-state index contributed by atoms with van der Waals surface area (Å²) >= 11 is 0. The minimum Gasteiger partial charge on any atom is -0.455 e. The molecular formula is C13H23NO3. The zero-order chi connectivity index (χ0) is 13.0. The Morgan fingerprint density at radius 1 is 1.29 bits per heavy atom. The first kappa shape index (κ1) is 14.0. The molecule has 0 bridgehead atoms. The van der Waals surface area contributed by atoms with Gasteiger partial charge in [0.25, 0.3) is 0 Å². The molecule has 0 aromatic rings. The molecule has 1 rings (SSSR count). The quantitative estimate of drug-likeness (QED) is 0.592. The van der Waals surface area contributed by atoms with Gasteiger partial charge < -0.3 is 10.1 Å². The average molecular weight is 241 g/mol. The average Bonchev–Trinajstić information content (AvgIpc) is 2.27. The van der Waals surface area contributed by atoms with E-state index in [0.29, 0.717) is 17.8 Å². The number of hydrogen-bond acceptors (Lipinski definition) is 3. The van der Waals surface area contributed by atoms with E-state index in [9.17, 15) is 9.59 Å². The largest absolute Gasteiger partial charge is 0.455 e. The van der Waals surface area contributed by atoms with Crippen LogP contribution < -0.4 is 5.32 Å². The Bertz CT molecular complexity index is 288. The predicted molar refractivity (Wildman–Crippen MR) is 65.3 cm³/mol. The van der Waals surface area contributed by atoms with Gasteiger partial charge in [-0.05, 0) is 30.6 Å². The van der Waals surface area contributed by atoms with Crippen LogP contribution in [0.2, 0.25) is 0 Å². The van der Waals surface area contributed by atoms with Gasteiger partial charge in [0.2, 0.25) is 0 Å². The van der Waals surface area contributed by atoms with Crippen LogP contribution in [-0.4, -0.2) is 25.0 Å². The molecule has 0 saturated heterocycles. The molecule has 3 atom stereocenters. The number of carbonyl (C=O) groups excluding carboxylic acids is 2. The van der Waals surface area contributed by atoms with Gasteiger partial charge in [-0.1, -0.05) is 27.2 Å². The molecule has 0 unspecified atom stereocenters. The van der Waals surface area contributed by atoms with Crippen molar-refractivity contribution in [2.75, 3.05) is 7.05 Å². The van der Waals surface area contributed by atoms with Crippen LogP contribution in [-0.2, 0) is 14.3 Å². The molecule has 17 heavy (non-hydrogen) atoms. The standard InChI is InChI=1S/C13H23NO3/c1-8(2)10-6-5-9(3)7-11(10)17-13(16)12(15)14-4/h8-11H,5-7H2,1-4H3,(H,14,15)/t9-,10+,11-/m1/s1. The molecule has 98 valence electrons. The van der Waals surface area contributed by atoms with Crippen molar-refractivity contribution in [1.82, 2.24) is 5.32 Å². The summed E-state index contributed by atoms with van der Waals surface area (Å²) < 4.78 is 5.34. The molecule has 0 aromatic heterocycles. The zero-order valence-electron chi connectivity index (χ0n) is 11.2. The smallest absolute Gasteiger partial charge is 0.397 e. The monoisotopic (exact) mass is 241 g/mol. The van der Waals surface area contributed by atoms with E-state index >= 15 is 0 Å². The van der Waals surface area contributed by atoms with Crippen LogP contribution >= 0.6 is 0 Å². The molecule has 0 radical (unpaired) electrons. The second-order valence-corrected chi connectivity index (χ2v) is 5.35. The van der Waals surface area contributed by atoms with E-state index in [1.807, 2.05) is 0 Å². The van der Waals surface area contributed by atoms with Crippen LogP contribution in [0.1, 0.15) is 40.0 Å². The Morgan fingerprint density at radius 3 is 2.47 bits per heavy atom. The molecule has 0 spiro atoms. The Morgan fingerprint density at radius 2 is 1.94 bits per heavy atom. The summed E-state index contributed by atoms with van der Waals surface area (Å²) in [7, 11) is 1.44. The van der Waals surface area contributed by atoms with Crippen molar-refractivity contribution in [3.05, 3.63) is 0 Å². The normalized spacial score (nSPS) is 28.9. The fourth-order valence-electron chi connectivity index (χ4n) is 2.54. The van der Waals surface area contributed by atoms with Gasteiger partial charge >= 0.3 is 11.9 Å². The molecule has 4 nitrogen and oxygen atoms in total. The lowest BCUT2D eigenvalue weighted by Gasteiger charge is -2.36. The van der Waals surface area contributed by atoms with Gasteiger partial charge in [0.05, 0.1) is 0 Å². The van der Waals surface area contributed by atoms with E-state index < -0.39 is 11.9 Å². The van der Waals surface area contributed by atoms with E-state index in [4.69, 9.17) is 4.74 Å². The maximum atomic E-state index is 11.5. The van der Waals surface area contributed by atoms with Crippen LogP contribution in [0.15, 0.2) is 0 Å². The minimum absolute atomic E-state index is 0.108. The van der Waals surface area contributed by atoms with Crippen LogP contribution in [0.25, 0.3) is 0 Å². The maximum Gasteiger partial charge on any atom is 0.397 e. The lowest BCUT2D eigenvalue weighted by atomic mass is 9.75. The Kier molecular flexibility index (Phi) is 4.97. The third-order valence-electron chi connectivity index (χ3n) is 3.63. The zero-order valence-corrected chi connectivity index (χ0v) is 11.2. The number of hydrogen-bond donors (Lipinski definition) is 1. The third kappa shape index (κ3) is 3.72. The van der Waals surface area contributed by atoms with E-state index in [1.165, 1.54) is 13.5 Å². The summed E-state index contributed by atoms with van der Waals surface area (Å²) in [6.07, 6.45) is 3.01. The molecule has 1 aliphatic rings. The molecule has 1 saturated carbocycles. The van der Waals surface area contributed by atoms with Crippen molar-refractivity contribution in [2.24, 2.45) is 17.8 Å². The summed E-state index contributed by atoms with van der Waals surface area (Å²) in [6, 6.07) is 0. The highest BCUT2D eigenvalue weighted by Crippen LogP contribution is 2.35. The maximum absolute atomic E-state index is 11.5. The Labute approximate surface area is 103 Å². The van der Waals surface area contributed by atoms with Crippen molar-refractivity contribution in [2.45, 2.75) is 46.1 Å². The van der Waals surface area contributed by atoms with E-state index in [1.54, 1.807) is 0 Å². The molecule has 0 aliphatic heterocycles. The third-order valence-corrected chi connectivity index (χ3v) is 3.63. The molecular weight excluding hydrogens is 218 g/mol. The fraction of sp³-hybridized carbons (Fsp3) is 0.846. The summed E-state index contributed by atoms with van der Waals surface area (Å²) in [6.45, 7) is 6.44. The van der Waals surface area contributed by atoms with Crippen LogP contribution in [0.5, 0.6) is 0 Å². The lowest BCUT2D eigenvalue weighted by molar-refractivity contribution is -0.163. The van der Waals surface area contributed by atoms with Crippen molar-refractivity contribution in [3.8, 4) is 0 Å². The summed E-state index contributed by atoms with van der Waals surface area (Å²) in [4.78, 5) is 22.6. The number of carbonyl (C=O) groups is 2. The topological polar surface area (TPSA) is 55.4 Å².